The maximum Gasteiger partial charge on any atom is 0.243 e. The average molecular weight is 457 g/mol. The molecule has 0 aliphatic rings. The first kappa shape index (κ1) is 23.4. The van der Waals surface area contributed by atoms with Gasteiger partial charge in [-0.2, -0.15) is 4.31 Å². The molecule has 168 valence electrons. The van der Waals surface area contributed by atoms with E-state index in [0.717, 1.165) is 9.87 Å². The van der Waals surface area contributed by atoms with Crippen LogP contribution in [0.25, 0.3) is 0 Å². The van der Waals surface area contributed by atoms with Crippen LogP contribution in [0, 0.1) is 5.82 Å². The molecule has 1 amide bonds. The Morgan fingerprint density at radius 1 is 0.938 bits per heavy atom. The van der Waals surface area contributed by atoms with Crippen molar-refractivity contribution < 1.29 is 22.3 Å². The minimum atomic E-state index is -3.98. The van der Waals surface area contributed by atoms with Crippen LogP contribution in [0.3, 0.4) is 0 Å². The predicted molar refractivity (Wildman–Crippen MR) is 121 cm³/mol. The number of carbonyl (C=O) groups excluding carboxylic acids is 1. The summed E-state index contributed by atoms with van der Waals surface area (Å²) in [6, 6.07) is 20.6. The Hall–Kier alpha value is -3.23. The Kier molecular flexibility index (Phi) is 7.61. The van der Waals surface area contributed by atoms with E-state index < -0.39 is 21.7 Å². The van der Waals surface area contributed by atoms with Crippen molar-refractivity contribution in [2.75, 3.05) is 25.1 Å². The first-order chi connectivity index (χ1) is 15.3. The molecule has 6 nitrogen and oxygen atoms in total. The van der Waals surface area contributed by atoms with E-state index in [1.807, 2.05) is 25.1 Å². The fourth-order valence-corrected chi connectivity index (χ4v) is 4.48. The van der Waals surface area contributed by atoms with Crippen molar-refractivity contribution in [3.05, 3.63) is 90.2 Å². The Bertz CT molecular complexity index is 1130. The molecule has 0 heterocycles. The van der Waals surface area contributed by atoms with Gasteiger partial charge in [0.1, 0.15) is 11.6 Å². The summed E-state index contributed by atoms with van der Waals surface area (Å²) in [6.45, 7) is 1.96. The second-order valence-corrected chi connectivity index (χ2v) is 9.03. The number of sulfonamides is 1. The molecule has 0 saturated carbocycles. The zero-order valence-corrected chi connectivity index (χ0v) is 18.8. The van der Waals surface area contributed by atoms with E-state index >= 15 is 0 Å². The van der Waals surface area contributed by atoms with Crippen molar-refractivity contribution in [2.24, 2.45) is 0 Å². The SMILES string of the molecule is CCOc1ccc(S(=O)(=O)N(CC(=O)N(C)c2ccc(F)cc2)Cc2ccccc2)cc1. The van der Waals surface area contributed by atoms with E-state index in [1.54, 1.807) is 24.3 Å². The predicted octanol–water partition coefficient (Wildman–Crippen LogP) is 4.08. The van der Waals surface area contributed by atoms with Crippen molar-refractivity contribution in [3.8, 4) is 5.75 Å². The highest BCUT2D eigenvalue weighted by molar-refractivity contribution is 7.89. The van der Waals surface area contributed by atoms with Crippen LogP contribution >= 0.6 is 0 Å². The molecule has 0 unspecified atom stereocenters. The minimum Gasteiger partial charge on any atom is -0.494 e. The third kappa shape index (κ3) is 5.72. The van der Waals surface area contributed by atoms with Crippen LogP contribution < -0.4 is 9.64 Å². The number of nitrogens with zero attached hydrogens (tertiary/aromatic N) is 2. The van der Waals surface area contributed by atoms with Gasteiger partial charge >= 0.3 is 0 Å². The van der Waals surface area contributed by atoms with Gasteiger partial charge < -0.3 is 9.64 Å². The molecule has 0 aliphatic carbocycles. The van der Waals surface area contributed by atoms with Crippen molar-refractivity contribution >= 4 is 21.6 Å². The van der Waals surface area contributed by atoms with E-state index in [-0.39, 0.29) is 18.0 Å². The highest BCUT2D eigenvalue weighted by Crippen LogP contribution is 2.22. The van der Waals surface area contributed by atoms with Crippen molar-refractivity contribution in [1.29, 1.82) is 0 Å². The average Bonchev–Trinajstić information content (AvgIpc) is 2.80. The van der Waals surface area contributed by atoms with Crippen LogP contribution in [0.4, 0.5) is 10.1 Å². The number of rotatable bonds is 9. The monoisotopic (exact) mass is 456 g/mol. The second kappa shape index (κ2) is 10.4. The molecular formula is C24H25FN2O4S. The number of halogens is 1. The molecule has 0 aromatic heterocycles. The Balaban J connectivity index is 1.88. The molecule has 3 aromatic rings. The van der Waals surface area contributed by atoms with Gasteiger partial charge in [0.2, 0.25) is 15.9 Å². The summed E-state index contributed by atoms with van der Waals surface area (Å²) in [7, 11) is -2.45. The van der Waals surface area contributed by atoms with Gasteiger partial charge in [-0.1, -0.05) is 30.3 Å². The Morgan fingerprint density at radius 3 is 2.16 bits per heavy atom. The van der Waals surface area contributed by atoms with Gasteiger partial charge in [-0.25, -0.2) is 12.8 Å². The topological polar surface area (TPSA) is 66.9 Å². The molecule has 32 heavy (non-hydrogen) atoms. The molecule has 0 N–H and O–H groups in total. The highest BCUT2D eigenvalue weighted by atomic mass is 32.2. The lowest BCUT2D eigenvalue weighted by Gasteiger charge is -2.25. The molecule has 0 spiro atoms. The number of amides is 1. The maximum absolute atomic E-state index is 13.4. The normalized spacial score (nSPS) is 11.4. The fourth-order valence-electron chi connectivity index (χ4n) is 3.10. The molecule has 0 saturated heterocycles. The van der Waals surface area contributed by atoms with Gasteiger partial charge in [-0.05, 0) is 61.0 Å². The van der Waals surface area contributed by atoms with Crippen LogP contribution in [0.15, 0.2) is 83.8 Å². The largest absolute Gasteiger partial charge is 0.494 e. The fraction of sp³-hybridized carbons (Fsp3) is 0.208. The van der Waals surface area contributed by atoms with Crippen LogP contribution in [0.1, 0.15) is 12.5 Å². The third-order valence-electron chi connectivity index (χ3n) is 4.87. The Morgan fingerprint density at radius 2 is 1.56 bits per heavy atom. The number of likely N-dealkylation sites (N-methyl/N-ethyl adjacent to an activating group) is 1. The molecule has 8 heteroatoms. The zero-order valence-electron chi connectivity index (χ0n) is 17.9. The summed E-state index contributed by atoms with van der Waals surface area (Å²) in [6.07, 6.45) is 0. The van der Waals surface area contributed by atoms with Gasteiger partial charge in [0.15, 0.2) is 0 Å². The maximum atomic E-state index is 13.4. The van der Waals surface area contributed by atoms with Gasteiger partial charge in [0.25, 0.3) is 0 Å². The molecule has 0 bridgehead atoms. The van der Waals surface area contributed by atoms with Gasteiger partial charge in [0, 0.05) is 19.3 Å². The quantitative estimate of drug-likeness (QED) is 0.487. The number of anilines is 1. The van der Waals surface area contributed by atoms with E-state index in [0.29, 0.717) is 18.0 Å². The van der Waals surface area contributed by atoms with Crippen molar-refractivity contribution in [2.45, 2.75) is 18.4 Å². The molecule has 0 fully saturated rings. The van der Waals surface area contributed by atoms with Crippen LogP contribution in [-0.2, 0) is 21.4 Å². The summed E-state index contributed by atoms with van der Waals surface area (Å²) in [5, 5.41) is 0. The molecular weight excluding hydrogens is 431 g/mol. The lowest BCUT2D eigenvalue weighted by atomic mass is 10.2. The molecule has 0 atom stereocenters. The number of carbonyl (C=O) groups is 1. The summed E-state index contributed by atoms with van der Waals surface area (Å²) in [5.74, 6) is -0.298. The first-order valence-electron chi connectivity index (χ1n) is 10.1. The zero-order chi connectivity index (χ0) is 23.1. The number of ether oxygens (including phenoxy) is 1. The van der Waals surface area contributed by atoms with E-state index in [2.05, 4.69) is 0 Å². The van der Waals surface area contributed by atoms with Crippen molar-refractivity contribution in [3.63, 3.8) is 0 Å². The van der Waals surface area contributed by atoms with Gasteiger partial charge in [-0.15, -0.1) is 0 Å². The summed E-state index contributed by atoms with van der Waals surface area (Å²) in [4.78, 5) is 14.3. The third-order valence-corrected chi connectivity index (χ3v) is 6.68. The lowest BCUT2D eigenvalue weighted by Crippen LogP contribution is -2.41. The molecule has 3 aromatic carbocycles. The highest BCUT2D eigenvalue weighted by Gasteiger charge is 2.28. The van der Waals surface area contributed by atoms with Gasteiger partial charge in [0.05, 0.1) is 18.0 Å². The second-order valence-electron chi connectivity index (χ2n) is 7.09. The van der Waals surface area contributed by atoms with Crippen LogP contribution in [0.2, 0.25) is 0 Å². The van der Waals surface area contributed by atoms with Gasteiger partial charge in [-0.3, -0.25) is 4.79 Å². The number of hydrogen-bond donors (Lipinski definition) is 0. The van der Waals surface area contributed by atoms with E-state index in [9.17, 15) is 17.6 Å². The molecule has 0 radical (unpaired) electrons. The number of hydrogen-bond acceptors (Lipinski definition) is 4. The summed E-state index contributed by atoms with van der Waals surface area (Å²) in [5.41, 5.74) is 1.22. The van der Waals surface area contributed by atoms with E-state index in [4.69, 9.17) is 4.74 Å². The summed E-state index contributed by atoms with van der Waals surface area (Å²) < 4.78 is 46.6. The van der Waals surface area contributed by atoms with Crippen LogP contribution in [-0.4, -0.2) is 38.8 Å². The minimum absolute atomic E-state index is 0.0272. The smallest absolute Gasteiger partial charge is 0.243 e. The van der Waals surface area contributed by atoms with Crippen LogP contribution in [0.5, 0.6) is 5.75 Å². The van der Waals surface area contributed by atoms with E-state index in [1.165, 1.54) is 48.3 Å². The number of benzene rings is 3. The Labute approximate surface area is 187 Å². The standard InChI is InChI=1S/C24H25FN2O4S/c1-3-31-22-13-15-23(16-14-22)32(29,30)27(17-19-7-5-4-6-8-19)18-24(28)26(2)21-11-9-20(25)10-12-21/h4-16H,3,17-18H2,1-2H3. The molecule has 3 rings (SSSR count). The van der Waals surface area contributed by atoms with Crippen molar-refractivity contribution in [1.82, 2.24) is 4.31 Å². The molecule has 0 aliphatic heterocycles. The lowest BCUT2D eigenvalue weighted by molar-refractivity contribution is -0.118. The first-order valence-corrected chi connectivity index (χ1v) is 11.5. The summed E-state index contributed by atoms with van der Waals surface area (Å²) >= 11 is 0.